The zero-order chi connectivity index (χ0) is 40.8. The molecule has 1 aliphatic carbocycles. The molecule has 0 bridgehead atoms. The first-order valence-electron chi connectivity index (χ1n) is 21.2. The predicted octanol–water partition coefficient (Wildman–Crippen LogP) is 16.0. The summed E-state index contributed by atoms with van der Waals surface area (Å²) in [5, 5.41) is 2.47. The quantitative estimate of drug-likeness (QED) is 0.149. The molecule has 0 spiro atoms. The summed E-state index contributed by atoms with van der Waals surface area (Å²) in [4.78, 5) is 2.46. The fraction of sp³-hybridized carbons (Fsp3) is 0.0333. The Morgan fingerprint density at radius 1 is 0.328 bits per heavy atom. The van der Waals surface area contributed by atoms with E-state index in [1.165, 1.54) is 83.1 Å². The lowest BCUT2D eigenvalue weighted by molar-refractivity contribution is 0.768. The summed E-state index contributed by atoms with van der Waals surface area (Å²) >= 11 is 0. The van der Waals surface area contributed by atoms with Gasteiger partial charge in [-0.05, 0) is 127 Å². The Bertz CT molecular complexity index is 3130. The highest BCUT2D eigenvalue weighted by atomic mass is 15.1. The Morgan fingerprint density at radius 3 is 1.43 bits per heavy atom. The molecule has 0 heterocycles. The van der Waals surface area contributed by atoms with Gasteiger partial charge in [0.15, 0.2) is 0 Å². The standard InChI is InChI=1S/C60H43N/c1-42-19-18-31-56-59(42)53-38-37-51(41-57(53)60(56,48-26-10-4-11-27-48)49-28-12-5-13-29-49)61(58-32-17-16-30-52(58)43-20-6-2-7-21-43)50-35-33-45(34-36-50)55-40-47-25-15-14-24-46(47)39-54(55)44-22-8-3-9-23-44/h2-41H,1H3. The van der Waals surface area contributed by atoms with Crippen LogP contribution in [0.2, 0.25) is 0 Å². The first kappa shape index (κ1) is 36.3. The van der Waals surface area contributed by atoms with Crippen molar-refractivity contribution < 1.29 is 0 Å². The minimum absolute atomic E-state index is 0.520. The maximum atomic E-state index is 2.47. The molecule has 1 heteroatoms. The van der Waals surface area contributed by atoms with Crippen LogP contribution in [0.25, 0.3) is 55.3 Å². The van der Waals surface area contributed by atoms with Gasteiger partial charge in [-0.25, -0.2) is 0 Å². The number of aryl methyl sites for hydroxylation is 1. The molecular formula is C60H43N. The lowest BCUT2D eigenvalue weighted by Gasteiger charge is -2.35. The third-order valence-electron chi connectivity index (χ3n) is 12.7. The second kappa shape index (κ2) is 15.1. The van der Waals surface area contributed by atoms with Gasteiger partial charge in [0.2, 0.25) is 0 Å². The zero-order valence-electron chi connectivity index (χ0n) is 34.0. The van der Waals surface area contributed by atoms with Gasteiger partial charge in [0.25, 0.3) is 0 Å². The van der Waals surface area contributed by atoms with Crippen molar-refractivity contribution in [2.45, 2.75) is 12.3 Å². The van der Waals surface area contributed by atoms with Crippen LogP contribution in [0.4, 0.5) is 17.1 Å². The van der Waals surface area contributed by atoms with Crippen molar-refractivity contribution in [2.24, 2.45) is 0 Å². The van der Waals surface area contributed by atoms with E-state index in [9.17, 15) is 0 Å². The molecule has 0 atom stereocenters. The van der Waals surface area contributed by atoms with Crippen molar-refractivity contribution in [2.75, 3.05) is 4.90 Å². The summed E-state index contributed by atoms with van der Waals surface area (Å²) in [5.74, 6) is 0. The second-order valence-electron chi connectivity index (χ2n) is 16.1. The SMILES string of the molecule is Cc1cccc2c1-c1ccc(N(c3ccc(-c4cc5ccccc5cc4-c4ccccc4)cc3)c3ccccc3-c3ccccc3)cc1C2(c1ccccc1)c1ccccc1. The third-order valence-corrected chi connectivity index (χ3v) is 12.7. The van der Waals surface area contributed by atoms with Crippen molar-refractivity contribution in [3.63, 3.8) is 0 Å². The van der Waals surface area contributed by atoms with Crippen LogP contribution < -0.4 is 4.90 Å². The molecule has 1 aliphatic rings. The molecule has 0 aromatic heterocycles. The highest BCUT2D eigenvalue weighted by Gasteiger charge is 2.47. The number of hydrogen-bond donors (Lipinski definition) is 0. The van der Waals surface area contributed by atoms with Crippen molar-refractivity contribution in [3.05, 3.63) is 270 Å². The van der Waals surface area contributed by atoms with Gasteiger partial charge in [-0.1, -0.05) is 200 Å². The normalized spacial score (nSPS) is 12.5. The van der Waals surface area contributed by atoms with Crippen LogP contribution in [0.1, 0.15) is 27.8 Å². The number of hydrogen-bond acceptors (Lipinski definition) is 1. The smallest absolute Gasteiger partial charge is 0.0714 e. The molecule has 0 aliphatic heterocycles. The van der Waals surface area contributed by atoms with Gasteiger partial charge >= 0.3 is 0 Å². The molecule has 0 saturated heterocycles. The molecule has 10 aromatic rings. The Kier molecular flexibility index (Phi) is 9.02. The Labute approximate surface area is 358 Å². The second-order valence-corrected chi connectivity index (χ2v) is 16.1. The van der Waals surface area contributed by atoms with E-state index in [4.69, 9.17) is 0 Å². The molecule has 288 valence electrons. The molecule has 0 fully saturated rings. The number of benzene rings is 10. The van der Waals surface area contributed by atoms with Gasteiger partial charge in [0.1, 0.15) is 0 Å². The molecule has 1 nitrogen and oxygen atoms in total. The van der Waals surface area contributed by atoms with Crippen molar-refractivity contribution in [1.82, 2.24) is 0 Å². The Morgan fingerprint density at radius 2 is 0.820 bits per heavy atom. The summed E-state index contributed by atoms with van der Waals surface area (Å²) in [5.41, 5.74) is 19.0. The molecule has 11 rings (SSSR count). The van der Waals surface area contributed by atoms with E-state index in [0.717, 1.165) is 17.1 Å². The average Bonchev–Trinajstić information content (AvgIpc) is 3.64. The van der Waals surface area contributed by atoms with Crippen molar-refractivity contribution in [3.8, 4) is 44.5 Å². The number of nitrogens with zero attached hydrogens (tertiary/aromatic N) is 1. The Balaban J connectivity index is 1.14. The average molecular weight is 778 g/mol. The third kappa shape index (κ3) is 6.09. The summed E-state index contributed by atoms with van der Waals surface area (Å²) < 4.78 is 0. The minimum atomic E-state index is -0.520. The number of fused-ring (bicyclic) bond motifs is 4. The molecule has 0 N–H and O–H groups in total. The van der Waals surface area contributed by atoms with Crippen LogP contribution >= 0.6 is 0 Å². The number of anilines is 3. The van der Waals surface area contributed by atoms with E-state index in [-0.39, 0.29) is 0 Å². The fourth-order valence-corrected chi connectivity index (χ4v) is 9.93. The zero-order valence-corrected chi connectivity index (χ0v) is 34.0. The predicted molar refractivity (Wildman–Crippen MR) is 257 cm³/mol. The summed E-state index contributed by atoms with van der Waals surface area (Å²) in [7, 11) is 0. The van der Waals surface area contributed by atoms with Gasteiger partial charge in [0.05, 0.1) is 11.1 Å². The summed E-state index contributed by atoms with van der Waals surface area (Å²) in [6, 6.07) is 89.1. The van der Waals surface area contributed by atoms with Crippen molar-refractivity contribution in [1.29, 1.82) is 0 Å². The Hall–Kier alpha value is -7.74. The highest BCUT2D eigenvalue weighted by molar-refractivity contribution is 5.98. The van der Waals surface area contributed by atoms with Gasteiger partial charge in [-0.15, -0.1) is 0 Å². The molecule has 0 saturated carbocycles. The van der Waals surface area contributed by atoms with Crippen LogP contribution in [-0.4, -0.2) is 0 Å². The summed E-state index contributed by atoms with van der Waals surface area (Å²) in [6.07, 6.45) is 0. The molecule has 0 amide bonds. The first-order valence-corrected chi connectivity index (χ1v) is 21.2. The molecule has 0 radical (unpaired) electrons. The van der Waals surface area contributed by atoms with E-state index >= 15 is 0 Å². The maximum Gasteiger partial charge on any atom is 0.0714 e. The van der Waals surface area contributed by atoms with E-state index in [0.29, 0.717) is 0 Å². The molecule has 0 unspecified atom stereocenters. The summed E-state index contributed by atoms with van der Waals surface area (Å²) in [6.45, 7) is 2.26. The van der Waals surface area contributed by atoms with E-state index in [1.807, 2.05) is 0 Å². The van der Waals surface area contributed by atoms with Gasteiger partial charge in [-0.3, -0.25) is 0 Å². The molecular weight excluding hydrogens is 735 g/mol. The van der Waals surface area contributed by atoms with Crippen LogP contribution in [0.3, 0.4) is 0 Å². The van der Waals surface area contributed by atoms with Gasteiger partial charge in [0, 0.05) is 16.9 Å². The van der Waals surface area contributed by atoms with Crippen LogP contribution in [0, 0.1) is 6.92 Å². The highest BCUT2D eigenvalue weighted by Crippen LogP contribution is 2.58. The van der Waals surface area contributed by atoms with Crippen molar-refractivity contribution >= 4 is 27.8 Å². The topological polar surface area (TPSA) is 3.24 Å². The number of rotatable bonds is 8. The minimum Gasteiger partial charge on any atom is -0.310 e. The lowest BCUT2D eigenvalue weighted by atomic mass is 9.67. The van der Waals surface area contributed by atoms with Gasteiger partial charge < -0.3 is 4.90 Å². The maximum absolute atomic E-state index is 2.47. The van der Waals surface area contributed by atoms with Crippen LogP contribution in [0.5, 0.6) is 0 Å². The number of para-hydroxylation sites is 1. The lowest BCUT2D eigenvalue weighted by Crippen LogP contribution is -2.28. The largest absolute Gasteiger partial charge is 0.310 e. The monoisotopic (exact) mass is 777 g/mol. The van der Waals surface area contributed by atoms with E-state index in [1.54, 1.807) is 0 Å². The fourth-order valence-electron chi connectivity index (χ4n) is 9.93. The molecule has 61 heavy (non-hydrogen) atoms. The van der Waals surface area contributed by atoms with Gasteiger partial charge in [-0.2, -0.15) is 0 Å². The van der Waals surface area contributed by atoms with E-state index < -0.39 is 5.41 Å². The molecule has 10 aromatic carbocycles. The van der Waals surface area contributed by atoms with E-state index in [2.05, 4.69) is 254 Å². The first-order chi connectivity index (χ1) is 30.2. The van der Waals surface area contributed by atoms with Crippen LogP contribution in [0.15, 0.2) is 243 Å². The van der Waals surface area contributed by atoms with Crippen LogP contribution in [-0.2, 0) is 5.41 Å².